The SMILES string of the molecule is C=C(C=O)c1ccnc2ccc(OC)cc12. The number of hydrogen-bond donors (Lipinski definition) is 0. The van der Waals surface area contributed by atoms with Gasteiger partial charge in [-0.15, -0.1) is 0 Å². The molecule has 0 unspecified atom stereocenters. The van der Waals surface area contributed by atoms with Crippen molar-refractivity contribution in [3.8, 4) is 5.75 Å². The molecule has 0 saturated carbocycles. The van der Waals surface area contributed by atoms with E-state index in [2.05, 4.69) is 11.6 Å². The molecular weight excluding hydrogens is 202 g/mol. The van der Waals surface area contributed by atoms with Crippen LogP contribution in [-0.4, -0.2) is 18.4 Å². The third-order valence-electron chi connectivity index (χ3n) is 2.44. The summed E-state index contributed by atoms with van der Waals surface area (Å²) in [6.45, 7) is 3.71. The zero-order valence-electron chi connectivity index (χ0n) is 8.93. The minimum atomic E-state index is 0.445. The maximum Gasteiger partial charge on any atom is 0.150 e. The lowest BCUT2D eigenvalue weighted by Gasteiger charge is -2.06. The Balaban J connectivity index is 2.73. The van der Waals surface area contributed by atoms with Crippen LogP contribution in [0.5, 0.6) is 5.75 Å². The van der Waals surface area contributed by atoms with Gasteiger partial charge in [-0.1, -0.05) is 6.58 Å². The van der Waals surface area contributed by atoms with Gasteiger partial charge in [0.25, 0.3) is 0 Å². The van der Waals surface area contributed by atoms with Crippen molar-refractivity contribution >= 4 is 22.8 Å². The molecule has 0 aliphatic carbocycles. The van der Waals surface area contributed by atoms with E-state index in [0.29, 0.717) is 5.57 Å². The number of methoxy groups -OCH3 is 1. The molecule has 0 bridgehead atoms. The normalized spacial score (nSPS) is 10.1. The van der Waals surface area contributed by atoms with E-state index in [4.69, 9.17) is 4.74 Å². The fraction of sp³-hybridized carbons (Fsp3) is 0.0769. The number of nitrogens with zero attached hydrogens (tertiary/aromatic N) is 1. The summed E-state index contributed by atoms with van der Waals surface area (Å²) < 4.78 is 5.14. The monoisotopic (exact) mass is 213 g/mol. The minimum Gasteiger partial charge on any atom is -0.497 e. The summed E-state index contributed by atoms with van der Waals surface area (Å²) in [5.41, 5.74) is 2.06. The summed E-state index contributed by atoms with van der Waals surface area (Å²) in [4.78, 5) is 15.0. The molecule has 2 rings (SSSR count). The number of aromatic nitrogens is 1. The van der Waals surface area contributed by atoms with Gasteiger partial charge in [0.15, 0.2) is 0 Å². The van der Waals surface area contributed by atoms with Crippen LogP contribution in [0, 0.1) is 0 Å². The number of aldehydes is 1. The van der Waals surface area contributed by atoms with Crippen molar-refractivity contribution in [2.45, 2.75) is 0 Å². The highest BCUT2D eigenvalue weighted by Gasteiger charge is 2.05. The van der Waals surface area contributed by atoms with Gasteiger partial charge in [-0.3, -0.25) is 9.78 Å². The van der Waals surface area contributed by atoms with Crippen LogP contribution in [0.4, 0.5) is 0 Å². The standard InChI is InChI=1S/C13H11NO2/c1-9(8-15)11-5-6-14-13-4-3-10(16-2)7-12(11)13/h3-8H,1H2,2H3. The second kappa shape index (κ2) is 4.14. The summed E-state index contributed by atoms with van der Waals surface area (Å²) in [6.07, 6.45) is 2.41. The largest absolute Gasteiger partial charge is 0.497 e. The highest BCUT2D eigenvalue weighted by atomic mass is 16.5. The van der Waals surface area contributed by atoms with E-state index in [1.54, 1.807) is 19.4 Å². The molecule has 1 heterocycles. The Bertz CT molecular complexity index is 561. The van der Waals surface area contributed by atoms with Crippen molar-refractivity contribution in [3.63, 3.8) is 0 Å². The topological polar surface area (TPSA) is 39.2 Å². The van der Waals surface area contributed by atoms with Crippen LogP contribution in [0.3, 0.4) is 0 Å². The number of rotatable bonds is 3. The molecule has 0 saturated heterocycles. The van der Waals surface area contributed by atoms with Gasteiger partial charge in [0.1, 0.15) is 12.0 Å². The first-order valence-corrected chi connectivity index (χ1v) is 4.83. The van der Waals surface area contributed by atoms with Gasteiger partial charge in [-0.25, -0.2) is 0 Å². The van der Waals surface area contributed by atoms with Crippen LogP contribution in [-0.2, 0) is 4.79 Å². The van der Waals surface area contributed by atoms with Gasteiger partial charge in [0.05, 0.1) is 12.6 Å². The Labute approximate surface area is 93.4 Å². The first-order chi connectivity index (χ1) is 7.76. The molecule has 0 fully saturated rings. The zero-order valence-corrected chi connectivity index (χ0v) is 8.93. The van der Waals surface area contributed by atoms with Gasteiger partial charge < -0.3 is 4.74 Å². The molecule has 0 spiro atoms. The number of pyridine rings is 1. The molecule has 0 aliphatic rings. The second-order valence-electron chi connectivity index (χ2n) is 3.38. The van der Waals surface area contributed by atoms with Crippen molar-refractivity contribution in [1.82, 2.24) is 4.98 Å². The Morgan fingerprint density at radius 3 is 2.94 bits per heavy atom. The highest BCUT2D eigenvalue weighted by molar-refractivity contribution is 6.11. The summed E-state index contributed by atoms with van der Waals surface area (Å²) in [5, 5.41) is 0.874. The number of hydrogen-bond acceptors (Lipinski definition) is 3. The van der Waals surface area contributed by atoms with Crippen molar-refractivity contribution in [1.29, 1.82) is 0 Å². The van der Waals surface area contributed by atoms with Crippen molar-refractivity contribution in [2.75, 3.05) is 7.11 Å². The first-order valence-electron chi connectivity index (χ1n) is 4.83. The van der Waals surface area contributed by atoms with E-state index in [1.807, 2.05) is 18.2 Å². The van der Waals surface area contributed by atoms with Crippen LogP contribution in [0.2, 0.25) is 0 Å². The average Bonchev–Trinajstić information content (AvgIpc) is 2.36. The second-order valence-corrected chi connectivity index (χ2v) is 3.38. The number of fused-ring (bicyclic) bond motifs is 1. The maximum atomic E-state index is 10.8. The smallest absolute Gasteiger partial charge is 0.150 e. The predicted molar refractivity (Wildman–Crippen MR) is 63.4 cm³/mol. The highest BCUT2D eigenvalue weighted by Crippen LogP contribution is 2.25. The molecule has 3 heteroatoms. The number of carbonyl (C=O) groups is 1. The summed E-state index contributed by atoms with van der Waals surface area (Å²) in [7, 11) is 1.60. The molecule has 0 radical (unpaired) electrons. The minimum absolute atomic E-state index is 0.445. The van der Waals surface area contributed by atoms with Crippen LogP contribution in [0.1, 0.15) is 5.56 Å². The van der Waals surface area contributed by atoms with Crippen molar-refractivity contribution in [2.24, 2.45) is 0 Å². The van der Waals surface area contributed by atoms with Crippen LogP contribution >= 0.6 is 0 Å². The van der Waals surface area contributed by atoms with Gasteiger partial charge in [-0.2, -0.15) is 0 Å². The Morgan fingerprint density at radius 1 is 1.44 bits per heavy atom. The molecular formula is C13H11NO2. The lowest BCUT2D eigenvalue weighted by Crippen LogP contribution is -1.90. The molecule has 0 aliphatic heterocycles. The average molecular weight is 213 g/mol. The zero-order chi connectivity index (χ0) is 11.5. The molecule has 1 aromatic carbocycles. The quantitative estimate of drug-likeness (QED) is 0.580. The third kappa shape index (κ3) is 1.67. The molecule has 3 nitrogen and oxygen atoms in total. The molecule has 0 atom stereocenters. The maximum absolute atomic E-state index is 10.8. The molecule has 80 valence electrons. The Kier molecular flexibility index (Phi) is 2.68. The Hall–Kier alpha value is -2.16. The fourth-order valence-corrected chi connectivity index (χ4v) is 1.60. The lowest BCUT2D eigenvalue weighted by atomic mass is 10.0. The molecule has 16 heavy (non-hydrogen) atoms. The number of benzene rings is 1. The first kappa shape index (κ1) is 10.4. The van der Waals surface area contributed by atoms with E-state index in [0.717, 1.165) is 28.5 Å². The lowest BCUT2D eigenvalue weighted by molar-refractivity contribution is -0.103. The van der Waals surface area contributed by atoms with Crippen LogP contribution in [0.25, 0.3) is 16.5 Å². The van der Waals surface area contributed by atoms with Gasteiger partial charge in [0.2, 0.25) is 0 Å². The van der Waals surface area contributed by atoms with Crippen molar-refractivity contribution < 1.29 is 9.53 Å². The van der Waals surface area contributed by atoms with Gasteiger partial charge in [0, 0.05) is 17.2 Å². The van der Waals surface area contributed by atoms with Gasteiger partial charge >= 0.3 is 0 Å². The van der Waals surface area contributed by atoms with E-state index < -0.39 is 0 Å². The van der Waals surface area contributed by atoms with Crippen LogP contribution < -0.4 is 4.74 Å². The van der Waals surface area contributed by atoms with E-state index in [9.17, 15) is 4.79 Å². The molecule has 0 amide bonds. The number of allylic oxidation sites excluding steroid dienone is 1. The van der Waals surface area contributed by atoms with E-state index >= 15 is 0 Å². The molecule has 1 aromatic heterocycles. The summed E-state index contributed by atoms with van der Waals surface area (Å²) in [6, 6.07) is 7.32. The van der Waals surface area contributed by atoms with E-state index in [-0.39, 0.29) is 0 Å². The fourth-order valence-electron chi connectivity index (χ4n) is 1.60. The third-order valence-corrected chi connectivity index (χ3v) is 2.44. The van der Waals surface area contributed by atoms with Gasteiger partial charge in [-0.05, 0) is 29.8 Å². The number of carbonyl (C=O) groups excluding carboxylic acids is 1. The molecule has 0 N–H and O–H groups in total. The number of ether oxygens (including phenoxy) is 1. The molecule has 2 aromatic rings. The van der Waals surface area contributed by atoms with Crippen molar-refractivity contribution in [3.05, 3.63) is 42.6 Å². The van der Waals surface area contributed by atoms with Crippen LogP contribution in [0.15, 0.2) is 37.0 Å². The predicted octanol–water partition coefficient (Wildman–Crippen LogP) is 2.46. The van der Waals surface area contributed by atoms with E-state index in [1.165, 1.54) is 0 Å². The summed E-state index contributed by atoms with van der Waals surface area (Å²) in [5.74, 6) is 0.737. The summed E-state index contributed by atoms with van der Waals surface area (Å²) >= 11 is 0. The Morgan fingerprint density at radius 2 is 2.25 bits per heavy atom.